The fraction of sp³-hybridized carbons (Fsp3) is 0.318. The van der Waals surface area contributed by atoms with Gasteiger partial charge >= 0.3 is 0 Å². The third kappa shape index (κ3) is 4.49. The van der Waals surface area contributed by atoms with Gasteiger partial charge in [-0.15, -0.1) is 12.4 Å². The van der Waals surface area contributed by atoms with Gasteiger partial charge in [0, 0.05) is 18.2 Å². The van der Waals surface area contributed by atoms with Crippen LogP contribution < -0.4 is 10.6 Å². The standard InChI is InChI=1S/C22H23N3O3.ClH/c26-20(24-17-8-11-23-12-9-17)16-6-7-18-19(14-16)22(28)25(21(18)27)13-10-15-4-2-1-3-5-15;/h1-7,14,17,23H,8-13H2,(H,24,26);1H. The van der Waals surface area contributed by atoms with Gasteiger partial charge in [-0.1, -0.05) is 30.3 Å². The summed E-state index contributed by atoms with van der Waals surface area (Å²) in [5, 5.41) is 6.28. The molecule has 2 aliphatic heterocycles. The number of hydrogen-bond acceptors (Lipinski definition) is 4. The quantitative estimate of drug-likeness (QED) is 0.738. The van der Waals surface area contributed by atoms with E-state index in [4.69, 9.17) is 0 Å². The van der Waals surface area contributed by atoms with Crippen LogP contribution in [0.5, 0.6) is 0 Å². The van der Waals surface area contributed by atoms with Gasteiger partial charge in [-0.25, -0.2) is 0 Å². The Morgan fingerprint density at radius 1 is 1.00 bits per heavy atom. The molecular formula is C22H24ClN3O3. The van der Waals surface area contributed by atoms with E-state index in [-0.39, 0.29) is 36.2 Å². The van der Waals surface area contributed by atoms with Gasteiger partial charge in [0.05, 0.1) is 11.1 Å². The van der Waals surface area contributed by atoms with E-state index >= 15 is 0 Å². The molecule has 0 saturated carbocycles. The van der Waals surface area contributed by atoms with Crippen molar-refractivity contribution in [2.24, 2.45) is 0 Å². The van der Waals surface area contributed by atoms with Crippen molar-refractivity contribution in [1.82, 2.24) is 15.5 Å². The van der Waals surface area contributed by atoms with Crippen molar-refractivity contribution in [2.45, 2.75) is 25.3 Å². The maximum Gasteiger partial charge on any atom is 0.261 e. The normalized spacial score (nSPS) is 16.3. The Hall–Kier alpha value is -2.70. The zero-order chi connectivity index (χ0) is 19.5. The van der Waals surface area contributed by atoms with E-state index in [1.54, 1.807) is 18.2 Å². The zero-order valence-electron chi connectivity index (χ0n) is 16.0. The number of piperidine rings is 1. The Morgan fingerprint density at radius 2 is 1.69 bits per heavy atom. The molecule has 2 heterocycles. The van der Waals surface area contributed by atoms with Gasteiger partial charge in [-0.3, -0.25) is 19.3 Å². The van der Waals surface area contributed by atoms with Crippen LogP contribution in [-0.2, 0) is 6.42 Å². The first-order valence-electron chi connectivity index (χ1n) is 9.69. The highest BCUT2D eigenvalue weighted by Gasteiger charge is 2.35. The van der Waals surface area contributed by atoms with Crippen LogP contribution in [0.4, 0.5) is 0 Å². The number of rotatable bonds is 5. The number of carbonyl (C=O) groups is 3. The SMILES string of the molecule is Cl.O=C(NC1CCNCC1)c1ccc2c(c1)C(=O)N(CCc1ccccc1)C2=O. The minimum atomic E-state index is -0.326. The Morgan fingerprint density at radius 3 is 2.41 bits per heavy atom. The summed E-state index contributed by atoms with van der Waals surface area (Å²) < 4.78 is 0. The smallest absolute Gasteiger partial charge is 0.261 e. The second-order valence-electron chi connectivity index (χ2n) is 7.26. The molecule has 0 aliphatic carbocycles. The molecule has 0 bridgehead atoms. The Labute approximate surface area is 176 Å². The van der Waals surface area contributed by atoms with E-state index in [0.717, 1.165) is 31.5 Å². The lowest BCUT2D eigenvalue weighted by atomic mass is 10.0. The number of imide groups is 1. The molecule has 2 aliphatic rings. The second kappa shape index (κ2) is 9.20. The Balaban J connectivity index is 0.00000240. The van der Waals surface area contributed by atoms with Gasteiger partial charge in [0.25, 0.3) is 17.7 Å². The van der Waals surface area contributed by atoms with Crippen molar-refractivity contribution in [3.63, 3.8) is 0 Å². The largest absolute Gasteiger partial charge is 0.349 e. The van der Waals surface area contributed by atoms with Crippen LogP contribution in [0.25, 0.3) is 0 Å². The van der Waals surface area contributed by atoms with E-state index < -0.39 is 0 Å². The van der Waals surface area contributed by atoms with Gasteiger partial charge in [-0.2, -0.15) is 0 Å². The number of nitrogens with zero attached hydrogens (tertiary/aromatic N) is 1. The number of fused-ring (bicyclic) bond motifs is 1. The molecule has 7 heteroatoms. The summed E-state index contributed by atoms with van der Waals surface area (Å²) in [6.45, 7) is 2.10. The molecule has 1 saturated heterocycles. The van der Waals surface area contributed by atoms with Crippen LogP contribution in [0, 0.1) is 0 Å². The third-order valence-electron chi connectivity index (χ3n) is 5.37. The first-order chi connectivity index (χ1) is 13.6. The molecule has 4 rings (SSSR count). The second-order valence-corrected chi connectivity index (χ2v) is 7.26. The number of amides is 3. The molecule has 29 heavy (non-hydrogen) atoms. The monoisotopic (exact) mass is 413 g/mol. The van der Waals surface area contributed by atoms with Crippen LogP contribution >= 0.6 is 12.4 Å². The van der Waals surface area contributed by atoms with Gasteiger partial charge in [0.15, 0.2) is 0 Å². The fourth-order valence-electron chi connectivity index (χ4n) is 3.76. The van der Waals surface area contributed by atoms with Gasteiger partial charge in [0.1, 0.15) is 0 Å². The van der Waals surface area contributed by atoms with Crippen LogP contribution in [0.3, 0.4) is 0 Å². The van der Waals surface area contributed by atoms with Gasteiger partial charge < -0.3 is 10.6 Å². The van der Waals surface area contributed by atoms with Crippen LogP contribution in [-0.4, -0.2) is 48.3 Å². The van der Waals surface area contributed by atoms with Crippen molar-refractivity contribution >= 4 is 30.1 Å². The summed E-state index contributed by atoms with van der Waals surface area (Å²) in [5.74, 6) is -0.814. The lowest BCUT2D eigenvalue weighted by Crippen LogP contribution is -2.42. The summed E-state index contributed by atoms with van der Waals surface area (Å²) >= 11 is 0. The molecule has 152 valence electrons. The van der Waals surface area contributed by atoms with Crippen molar-refractivity contribution in [3.8, 4) is 0 Å². The molecule has 2 N–H and O–H groups in total. The average Bonchev–Trinajstić information content (AvgIpc) is 2.97. The maximum absolute atomic E-state index is 12.8. The highest BCUT2D eigenvalue weighted by Crippen LogP contribution is 2.24. The predicted octanol–water partition coefficient (Wildman–Crippen LogP) is 2.43. The van der Waals surface area contributed by atoms with Crippen LogP contribution in [0.2, 0.25) is 0 Å². The summed E-state index contributed by atoms with van der Waals surface area (Å²) in [7, 11) is 0. The van der Waals surface area contributed by atoms with Crippen molar-refractivity contribution in [2.75, 3.05) is 19.6 Å². The summed E-state index contributed by atoms with van der Waals surface area (Å²) in [4.78, 5) is 39.2. The number of benzene rings is 2. The molecule has 2 aromatic rings. The Kier molecular flexibility index (Phi) is 6.67. The molecule has 6 nitrogen and oxygen atoms in total. The number of nitrogens with one attached hydrogen (secondary N) is 2. The third-order valence-corrected chi connectivity index (χ3v) is 5.37. The van der Waals surface area contributed by atoms with Crippen LogP contribution in [0.1, 0.15) is 49.5 Å². The van der Waals surface area contributed by atoms with Gasteiger partial charge in [-0.05, 0) is 56.1 Å². The predicted molar refractivity (Wildman–Crippen MR) is 113 cm³/mol. The number of hydrogen-bond donors (Lipinski definition) is 2. The van der Waals surface area contributed by atoms with E-state index in [9.17, 15) is 14.4 Å². The number of carbonyl (C=O) groups excluding carboxylic acids is 3. The van der Waals surface area contributed by atoms with Crippen molar-refractivity contribution in [1.29, 1.82) is 0 Å². The lowest BCUT2D eigenvalue weighted by Gasteiger charge is -2.23. The molecule has 1 fully saturated rings. The highest BCUT2D eigenvalue weighted by atomic mass is 35.5. The average molecular weight is 414 g/mol. The zero-order valence-corrected chi connectivity index (χ0v) is 16.8. The molecule has 2 aromatic carbocycles. The topological polar surface area (TPSA) is 78.5 Å². The minimum absolute atomic E-state index is 0. The molecule has 0 radical (unpaired) electrons. The van der Waals surface area contributed by atoms with E-state index in [2.05, 4.69) is 10.6 Å². The molecule has 3 amide bonds. The molecule has 0 unspecified atom stereocenters. The molecule has 0 aromatic heterocycles. The van der Waals surface area contributed by atoms with E-state index in [1.807, 2.05) is 30.3 Å². The highest BCUT2D eigenvalue weighted by molar-refractivity contribution is 6.22. The van der Waals surface area contributed by atoms with Crippen molar-refractivity contribution < 1.29 is 14.4 Å². The summed E-state index contributed by atoms with van der Waals surface area (Å²) in [5.41, 5.74) is 2.18. The van der Waals surface area contributed by atoms with Crippen molar-refractivity contribution in [3.05, 3.63) is 70.8 Å². The maximum atomic E-state index is 12.8. The molecule has 0 spiro atoms. The molecular weight excluding hydrogens is 390 g/mol. The van der Waals surface area contributed by atoms with E-state index in [0.29, 0.717) is 29.7 Å². The number of halogens is 1. The summed E-state index contributed by atoms with van der Waals surface area (Å²) in [6.07, 6.45) is 2.39. The first-order valence-corrected chi connectivity index (χ1v) is 9.69. The minimum Gasteiger partial charge on any atom is -0.349 e. The van der Waals surface area contributed by atoms with Gasteiger partial charge in [0.2, 0.25) is 0 Å². The summed E-state index contributed by atoms with van der Waals surface area (Å²) in [6, 6.07) is 14.7. The molecule has 0 atom stereocenters. The Bertz CT molecular complexity index is 911. The van der Waals surface area contributed by atoms with E-state index in [1.165, 1.54) is 4.90 Å². The lowest BCUT2D eigenvalue weighted by molar-refractivity contribution is 0.0656. The van der Waals surface area contributed by atoms with Crippen LogP contribution in [0.15, 0.2) is 48.5 Å². The fourth-order valence-corrected chi connectivity index (χ4v) is 3.76. The first kappa shape index (κ1) is 21.0.